The molecular formula is C13H25N5O. The van der Waals surface area contributed by atoms with Crippen molar-refractivity contribution in [3.63, 3.8) is 0 Å². The molecule has 0 bridgehead atoms. The number of nitrogens with zero attached hydrogens (tertiary/aromatic N) is 3. The lowest BCUT2D eigenvalue weighted by atomic mass is 10.0. The fourth-order valence-corrected chi connectivity index (χ4v) is 1.94. The maximum absolute atomic E-state index is 12.3. The number of hydrogen-bond acceptors (Lipinski definition) is 4. The van der Waals surface area contributed by atoms with Gasteiger partial charge in [-0.3, -0.25) is 9.48 Å². The third-order valence-corrected chi connectivity index (χ3v) is 3.07. The molecule has 1 aromatic rings. The van der Waals surface area contributed by atoms with Crippen LogP contribution in [0.5, 0.6) is 0 Å². The van der Waals surface area contributed by atoms with Gasteiger partial charge in [0, 0.05) is 19.1 Å². The second kappa shape index (κ2) is 6.56. The van der Waals surface area contributed by atoms with E-state index >= 15 is 0 Å². The zero-order valence-electron chi connectivity index (χ0n) is 12.5. The van der Waals surface area contributed by atoms with Crippen LogP contribution in [0.1, 0.15) is 31.3 Å². The predicted octanol–water partition coefficient (Wildman–Crippen LogP) is 0.801. The average molecular weight is 267 g/mol. The van der Waals surface area contributed by atoms with Crippen LogP contribution >= 0.6 is 0 Å². The van der Waals surface area contributed by atoms with Crippen LogP contribution in [0.2, 0.25) is 0 Å². The molecule has 1 heterocycles. The molecule has 1 aromatic heterocycles. The Morgan fingerprint density at radius 2 is 2.16 bits per heavy atom. The van der Waals surface area contributed by atoms with Gasteiger partial charge in [-0.2, -0.15) is 5.10 Å². The Hall–Kier alpha value is -1.56. The van der Waals surface area contributed by atoms with Crippen LogP contribution in [0.4, 0.5) is 5.69 Å². The molecule has 0 saturated heterocycles. The van der Waals surface area contributed by atoms with E-state index in [0.717, 1.165) is 6.54 Å². The molecule has 1 unspecified atom stereocenters. The number of nitrogen functional groups attached to an aromatic ring is 1. The average Bonchev–Trinajstić information content (AvgIpc) is 2.68. The molecule has 108 valence electrons. The number of amides is 1. The molecule has 0 spiro atoms. The molecule has 0 fully saturated rings. The lowest BCUT2D eigenvalue weighted by Crippen LogP contribution is -2.45. The summed E-state index contributed by atoms with van der Waals surface area (Å²) in [4.78, 5) is 14.4. The first-order valence-electron chi connectivity index (χ1n) is 6.63. The summed E-state index contributed by atoms with van der Waals surface area (Å²) >= 11 is 0. The van der Waals surface area contributed by atoms with Crippen LogP contribution < -0.4 is 11.1 Å². The smallest absolute Gasteiger partial charge is 0.271 e. The molecule has 3 N–H and O–H groups in total. The van der Waals surface area contributed by atoms with Gasteiger partial charge in [-0.25, -0.2) is 0 Å². The number of aryl methyl sites for hydroxylation is 1. The van der Waals surface area contributed by atoms with Gasteiger partial charge in [0.15, 0.2) is 0 Å². The molecule has 0 saturated carbocycles. The Bertz CT molecular complexity index is 425. The lowest BCUT2D eigenvalue weighted by molar-refractivity contribution is 0.0906. The topological polar surface area (TPSA) is 76.2 Å². The summed E-state index contributed by atoms with van der Waals surface area (Å²) in [5.41, 5.74) is 6.69. The molecule has 19 heavy (non-hydrogen) atoms. The zero-order chi connectivity index (χ0) is 14.6. The van der Waals surface area contributed by atoms with Crippen molar-refractivity contribution < 1.29 is 4.79 Å². The number of carbonyl (C=O) groups is 1. The summed E-state index contributed by atoms with van der Waals surface area (Å²) in [6, 6.07) is 0.0853. The molecule has 1 amide bonds. The van der Waals surface area contributed by atoms with Crippen LogP contribution in [-0.4, -0.2) is 47.3 Å². The van der Waals surface area contributed by atoms with Crippen LogP contribution in [0.15, 0.2) is 6.20 Å². The van der Waals surface area contributed by atoms with Crippen molar-refractivity contribution in [2.45, 2.75) is 33.4 Å². The van der Waals surface area contributed by atoms with E-state index in [4.69, 9.17) is 5.73 Å². The summed E-state index contributed by atoms with van der Waals surface area (Å²) in [6.07, 6.45) is 1.52. The van der Waals surface area contributed by atoms with E-state index in [1.165, 1.54) is 6.20 Å². The monoisotopic (exact) mass is 267 g/mol. The highest BCUT2D eigenvalue weighted by molar-refractivity contribution is 5.97. The third-order valence-electron chi connectivity index (χ3n) is 3.07. The molecule has 6 heteroatoms. The highest BCUT2D eigenvalue weighted by Gasteiger charge is 2.22. The highest BCUT2D eigenvalue weighted by Crippen LogP contribution is 2.12. The second-order valence-corrected chi connectivity index (χ2v) is 5.35. The van der Waals surface area contributed by atoms with E-state index in [9.17, 15) is 4.79 Å². The Morgan fingerprint density at radius 3 is 2.63 bits per heavy atom. The first-order chi connectivity index (χ1) is 8.86. The number of carbonyl (C=O) groups excluding carboxylic acids is 1. The van der Waals surface area contributed by atoms with Gasteiger partial charge in [-0.1, -0.05) is 13.8 Å². The molecule has 0 aliphatic carbocycles. The number of aromatic nitrogens is 2. The van der Waals surface area contributed by atoms with Gasteiger partial charge in [-0.15, -0.1) is 0 Å². The summed E-state index contributed by atoms with van der Waals surface area (Å²) in [5.74, 6) is 0.197. The summed E-state index contributed by atoms with van der Waals surface area (Å²) in [5, 5.41) is 7.13. The molecule has 1 atom stereocenters. The van der Waals surface area contributed by atoms with Crippen LogP contribution in [0.25, 0.3) is 0 Å². The van der Waals surface area contributed by atoms with E-state index < -0.39 is 0 Å². The highest BCUT2D eigenvalue weighted by atomic mass is 16.2. The summed E-state index contributed by atoms with van der Waals surface area (Å²) in [6.45, 7) is 7.54. The van der Waals surface area contributed by atoms with E-state index in [-0.39, 0.29) is 11.9 Å². The predicted molar refractivity (Wildman–Crippen MR) is 77.0 cm³/mol. The normalized spacial score (nSPS) is 13.0. The van der Waals surface area contributed by atoms with E-state index in [1.54, 1.807) is 4.68 Å². The van der Waals surface area contributed by atoms with Crippen LogP contribution in [0.3, 0.4) is 0 Å². The second-order valence-electron chi connectivity index (χ2n) is 5.35. The van der Waals surface area contributed by atoms with Crippen molar-refractivity contribution in [3.8, 4) is 0 Å². The third kappa shape index (κ3) is 3.96. The molecule has 0 aliphatic rings. The maximum atomic E-state index is 12.3. The minimum Gasteiger partial charge on any atom is -0.396 e. The zero-order valence-corrected chi connectivity index (χ0v) is 12.5. The van der Waals surface area contributed by atoms with Crippen molar-refractivity contribution in [3.05, 3.63) is 11.9 Å². The lowest BCUT2D eigenvalue weighted by Gasteiger charge is -2.25. The minimum absolute atomic E-state index is 0.0853. The van der Waals surface area contributed by atoms with E-state index in [0.29, 0.717) is 23.8 Å². The first-order valence-corrected chi connectivity index (χ1v) is 6.63. The molecule has 6 nitrogen and oxygen atoms in total. The summed E-state index contributed by atoms with van der Waals surface area (Å²) < 4.78 is 1.62. The fourth-order valence-electron chi connectivity index (χ4n) is 1.94. The largest absolute Gasteiger partial charge is 0.396 e. The van der Waals surface area contributed by atoms with Gasteiger partial charge in [-0.05, 0) is 26.9 Å². The number of rotatable bonds is 6. The number of nitrogens with one attached hydrogen (secondary N) is 1. The van der Waals surface area contributed by atoms with Crippen molar-refractivity contribution >= 4 is 11.6 Å². The number of anilines is 1. The molecule has 0 aromatic carbocycles. The van der Waals surface area contributed by atoms with E-state index in [2.05, 4.69) is 29.2 Å². The Morgan fingerprint density at radius 1 is 1.53 bits per heavy atom. The Balaban J connectivity index is 2.84. The van der Waals surface area contributed by atoms with Gasteiger partial charge in [0.25, 0.3) is 5.91 Å². The fraction of sp³-hybridized carbons (Fsp3) is 0.692. The van der Waals surface area contributed by atoms with Gasteiger partial charge in [0.05, 0.1) is 11.9 Å². The van der Waals surface area contributed by atoms with E-state index in [1.807, 2.05) is 21.0 Å². The van der Waals surface area contributed by atoms with Crippen molar-refractivity contribution in [1.29, 1.82) is 0 Å². The standard InChI is InChI=1S/C13H25N5O/c1-6-18-12(10(14)7-15-18)13(19)16-11(9(2)3)8-17(4)5/h7,9,11H,6,8,14H2,1-5H3,(H,16,19). The molecule has 0 aliphatic heterocycles. The van der Waals surface area contributed by atoms with Crippen LogP contribution in [-0.2, 0) is 6.54 Å². The van der Waals surface area contributed by atoms with Gasteiger partial charge >= 0.3 is 0 Å². The van der Waals surface area contributed by atoms with Gasteiger partial charge < -0.3 is 16.0 Å². The number of likely N-dealkylation sites (N-methyl/N-ethyl adjacent to an activating group) is 1. The Kier molecular flexibility index (Phi) is 5.35. The van der Waals surface area contributed by atoms with Crippen molar-refractivity contribution in [1.82, 2.24) is 20.0 Å². The first kappa shape index (κ1) is 15.5. The van der Waals surface area contributed by atoms with Crippen molar-refractivity contribution in [2.75, 3.05) is 26.4 Å². The molecule has 0 radical (unpaired) electrons. The maximum Gasteiger partial charge on any atom is 0.271 e. The van der Waals surface area contributed by atoms with Crippen LogP contribution in [0, 0.1) is 5.92 Å². The van der Waals surface area contributed by atoms with Gasteiger partial charge in [0.2, 0.25) is 0 Å². The van der Waals surface area contributed by atoms with Gasteiger partial charge in [0.1, 0.15) is 5.69 Å². The quantitative estimate of drug-likeness (QED) is 0.799. The Labute approximate surface area is 114 Å². The molecule has 1 rings (SSSR count). The molecular weight excluding hydrogens is 242 g/mol. The SMILES string of the molecule is CCn1ncc(N)c1C(=O)NC(CN(C)C)C(C)C. The number of hydrogen-bond donors (Lipinski definition) is 2. The summed E-state index contributed by atoms with van der Waals surface area (Å²) in [7, 11) is 3.98. The number of nitrogens with two attached hydrogens (primary N) is 1. The minimum atomic E-state index is -0.155. The van der Waals surface area contributed by atoms with Crippen molar-refractivity contribution in [2.24, 2.45) is 5.92 Å².